The van der Waals surface area contributed by atoms with Crippen molar-refractivity contribution < 1.29 is 9.53 Å². The molecule has 1 aromatic rings. The van der Waals surface area contributed by atoms with Crippen LogP contribution in [0.1, 0.15) is 10.4 Å². The monoisotopic (exact) mass is 182 g/mol. The third kappa shape index (κ3) is 2.58. The van der Waals surface area contributed by atoms with Crippen molar-refractivity contribution >= 4 is 18.9 Å². The Kier molecular flexibility index (Phi) is 3.67. The first-order valence-corrected chi connectivity index (χ1v) is 4.29. The van der Waals surface area contributed by atoms with Crippen molar-refractivity contribution in [3.05, 3.63) is 29.8 Å². The SMILES string of the molecule is O=Cc1ccc(OCCS)cc1. The first-order chi connectivity index (χ1) is 5.86. The predicted octanol–water partition coefficient (Wildman–Crippen LogP) is 1.81. The molecule has 0 fully saturated rings. The number of carbonyl (C=O) groups is 1. The van der Waals surface area contributed by atoms with E-state index in [9.17, 15) is 4.79 Å². The molecule has 0 saturated heterocycles. The number of benzene rings is 1. The van der Waals surface area contributed by atoms with Crippen LogP contribution in [0, 0.1) is 0 Å². The van der Waals surface area contributed by atoms with Gasteiger partial charge in [0.05, 0.1) is 6.61 Å². The number of thiol groups is 1. The zero-order chi connectivity index (χ0) is 8.81. The Bertz CT molecular complexity index is 243. The molecular formula is C9H10O2S. The standard InChI is InChI=1S/C9H10O2S/c10-7-8-1-3-9(4-2-8)11-5-6-12/h1-4,7,12H,5-6H2. The Hall–Kier alpha value is -0.960. The molecule has 0 aromatic heterocycles. The van der Waals surface area contributed by atoms with Gasteiger partial charge in [0, 0.05) is 11.3 Å². The highest BCUT2D eigenvalue weighted by atomic mass is 32.1. The second kappa shape index (κ2) is 4.83. The third-order valence-electron chi connectivity index (χ3n) is 1.38. The molecule has 0 bridgehead atoms. The summed E-state index contributed by atoms with van der Waals surface area (Å²) in [4.78, 5) is 10.3. The quantitative estimate of drug-likeness (QED) is 0.567. The molecule has 0 amide bonds. The van der Waals surface area contributed by atoms with Gasteiger partial charge >= 0.3 is 0 Å². The minimum absolute atomic E-state index is 0.587. The summed E-state index contributed by atoms with van der Waals surface area (Å²) in [6.45, 7) is 0.587. The Morgan fingerprint density at radius 2 is 2.00 bits per heavy atom. The van der Waals surface area contributed by atoms with Crippen LogP contribution in [0.4, 0.5) is 0 Å². The lowest BCUT2D eigenvalue weighted by Crippen LogP contribution is -1.97. The molecule has 1 aromatic carbocycles. The van der Waals surface area contributed by atoms with Crippen LogP contribution in [0.15, 0.2) is 24.3 Å². The summed E-state index contributed by atoms with van der Waals surface area (Å²) < 4.78 is 5.26. The van der Waals surface area contributed by atoms with Crippen LogP contribution in [0.3, 0.4) is 0 Å². The van der Waals surface area contributed by atoms with Crippen LogP contribution < -0.4 is 4.74 Å². The molecule has 0 aliphatic carbocycles. The Morgan fingerprint density at radius 1 is 1.33 bits per heavy atom. The normalized spacial score (nSPS) is 9.42. The Labute approximate surface area is 77.0 Å². The van der Waals surface area contributed by atoms with Crippen molar-refractivity contribution in [1.82, 2.24) is 0 Å². The smallest absolute Gasteiger partial charge is 0.150 e. The van der Waals surface area contributed by atoms with E-state index < -0.39 is 0 Å². The van der Waals surface area contributed by atoms with Crippen LogP contribution in [0.2, 0.25) is 0 Å². The number of aldehydes is 1. The van der Waals surface area contributed by atoms with Crippen LogP contribution in [0.25, 0.3) is 0 Å². The molecule has 0 aliphatic heterocycles. The summed E-state index contributed by atoms with van der Waals surface area (Å²) in [5, 5.41) is 0. The van der Waals surface area contributed by atoms with Crippen molar-refractivity contribution in [2.24, 2.45) is 0 Å². The number of hydrogen-bond acceptors (Lipinski definition) is 3. The minimum Gasteiger partial charge on any atom is -0.493 e. The highest BCUT2D eigenvalue weighted by molar-refractivity contribution is 7.80. The Morgan fingerprint density at radius 3 is 2.50 bits per heavy atom. The van der Waals surface area contributed by atoms with Crippen LogP contribution in [-0.4, -0.2) is 18.6 Å². The molecule has 0 atom stereocenters. The van der Waals surface area contributed by atoms with Crippen LogP contribution in [0.5, 0.6) is 5.75 Å². The summed E-state index contributed by atoms with van der Waals surface area (Å²) in [7, 11) is 0. The van der Waals surface area contributed by atoms with Gasteiger partial charge in [-0.2, -0.15) is 12.6 Å². The molecule has 64 valence electrons. The fourth-order valence-corrected chi connectivity index (χ4v) is 0.897. The Balaban J connectivity index is 2.58. The van der Waals surface area contributed by atoms with E-state index in [2.05, 4.69) is 12.6 Å². The number of hydrogen-bond donors (Lipinski definition) is 1. The third-order valence-corrected chi connectivity index (χ3v) is 1.56. The topological polar surface area (TPSA) is 26.3 Å². The van der Waals surface area contributed by atoms with Gasteiger partial charge in [0.2, 0.25) is 0 Å². The van der Waals surface area contributed by atoms with Crippen molar-refractivity contribution in [3.63, 3.8) is 0 Å². The summed E-state index contributed by atoms with van der Waals surface area (Å²) in [5.74, 6) is 1.46. The van der Waals surface area contributed by atoms with Crippen LogP contribution >= 0.6 is 12.6 Å². The lowest BCUT2D eigenvalue weighted by molar-refractivity contribution is 0.112. The molecule has 3 heteroatoms. The van der Waals surface area contributed by atoms with E-state index in [0.717, 1.165) is 12.0 Å². The van der Waals surface area contributed by atoms with E-state index in [1.54, 1.807) is 24.3 Å². The van der Waals surface area contributed by atoms with Crippen molar-refractivity contribution in [1.29, 1.82) is 0 Å². The molecule has 0 unspecified atom stereocenters. The van der Waals surface area contributed by atoms with Gasteiger partial charge in [-0.25, -0.2) is 0 Å². The highest BCUT2D eigenvalue weighted by Gasteiger charge is 1.92. The zero-order valence-electron chi connectivity index (χ0n) is 6.56. The molecule has 2 nitrogen and oxygen atoms in total. The second-order valence-corrected chi connectivity index (χ2v) is 2.71. The summed E-state index contributed by atoms with van der Waals surface area (Å²) in [5.41, 5.74) is 0.660. The van der Waals surface area contributed by atoms with E-state index in [0.29, 0.717) is 17.9 Å². The first kappa shape index (κ1) is 9.13. The number of rotatable bonds is 4. The lowest BCUT2D eigenvalue weighted by Gasteiger charge is -2.02. The number of ether oxygens (including phenoxy) is 1. The van der Waals surface area contributed by atoms with Crippen LogP contribution in [-0.2, 0) is 0 Å². The summed E-state index contributed by atoms with van der Waals surface area (Å²) >= 11 is 4.01. The molecule has 0 aliphatic rings. The fraction of sp³-hybridized carbons (Fsp3) is 0.222. The maximum Gasteiger partial charge on any atom is 0.150 e. The maximum absolute atomic E-state index is 10.3. The minimum atomic E-state index is 0.587. The van der Waals surface area contributed by atoms with Gasteiger partial charge in [-0.15, -0.1) is 0 Å². The first-order valence-electron chi connectivity index (χ1n) is 3.65. The lowest BCUT2D eigenvalue weighted by atomic mass is 10.2. The average Bonchev–Trinajstić information content (AvgIpc) is 2.15. The van der Waals surface area contributed by atoms with Gasteiger partial charge in [0.15, 0.2) is 0 Å². The second-order valence-electron chi connectivity index (χ2n) is 2.26. The highest BCUT2D eigenvalue weighted by Crippen LogP contribution is 2.10. The van der Waals surface area contributed by atoms with Gasteiger partial charge in [0.25, 0.3) is 0 Å². The largest absolute Gasteiger partial charge is 0.493 e. The molecule has 1 rings (SSSR count). The molecule has 0 radical (unpaired) electrons. The average molecular weight is 182 g/mol. The zero-order valence-corrected chi connectivity index (χ0v) is 7.46. The van der Waals surface area contributed by atoms with Crippen molar-refractivity contribution in [2.75, 3.05) is 12.4 Å². The van der Waals surface area contributed by atoms with Gasteiger partial charge in [-0.3, -0.25) is 4.79 Å². The molecule has 0 heterocycles. The van der Waals surface area contributed by atoms with E-state index in [4.69, 9.17) is 4.74 Å². The molecule has 0 saturated carbocycles. The molecule has 0 N–H and O–H groups in total. The van der Waals surface area contributed by atoms with E-state index in [-0.39, 0.29) is 0 Å². The maximum atomic E-state index is 10.3. The van der Waals surface area contributed by atoms with Gasteiger partial charge in [-0.05, 0) is 24.3 Å². The predicted molar refractivity (Wildman–Crippen MR) is 51.2 cm³/mol. The van der Waals surface area contributed by atoms with E-state index >= 15 is 0 Å². The molecule has 0 spiro atoms. The van der Waals surface area contributed by atoms with Gasteiger partial charge in [0.1, 0.15) is 12.0 Å². The number of carbonyl (C=O) groups excluding carboxylic acids is 1. The van der Waals surface area contributed by atoms with Crippen molar-refractivity contribution in [3.8, 4) is 5.75 Å². The van der Waals surface area contributed by atoms with E-state index in [1.807, 2.05) is 0 Å². The van der Waals surface area contributed by atoms with Crippen molar-refractivity contribution in [2.45, 2.75) is 0 Å². The molecular weight excluding hydrogens is 172 g/mol. The fourth-order valence-electron chi connectivity index (χ4n) is 0.806. The van der Waals surface area contributed by atoms with Gasteiger partial charge in [-0.1, -0.05) is 0 Å². The summed E-state index contributed by atoms with van der Waals surface area (Å²) in [6, 6.07) is 6.99. The molecule has 12 heavy (non-hydrogen) atoms. The summed E-state index contributed by atoms with van der Waals surface area (Å²) in [6.07, 6.45) is 0.808. The van der Waals surface area contributed by atoms with Gasteiger partial charge < -0.3 is 4.74 Å². The van der Waals surface area contributed by atoms with E-state index in [1.165, 1.54) is 0 Å².